The van der Waals surface area contributed by atoms with Crippen LogP contribution in [-0.4, -0.2) is 70.7 Å². The zero-order chi connectivity index (χ0) is 23.7. The molecule has 1 aromatic carbocycles. The van der Waals surface area contributed by atoms with Gasteiger partial charge in [0.05, 0.1) is 18.0 Å². The van der Waals surface area contributed by atoms with E-state index in [4.69, 9.17) is 28.8 Å². The number of phenolic OH excluding ortho intramolecular Hbond substituents is 1. The minimum Gasteiger partial charge on any atom is -0.508 e. The number of aliphatic imine (C=N–C) groups is 1. The summed E-state index contributed by atoms with van der Waals surface area (Å²) in [5.41, 5.74) is 17.5. The Labute approximate surface area is 192 Å². The number of benzene rings is 1. The number of guanidine groups is 1. The van der Waals surface area contributed by atoms with Gasteiger partial charge in [-0.15, -0.1) is 11.6 Å². The maximum Gasteiger partial charge on any atom is 0.243 e. The second-order valence-electron chi connectivity index (χ2n) is 7.78. The number of hydrogen-bond donors (Lipinski definition) is 5. The number of ketones is 1. The quantitative estimate of drug-likeness (QED) is 0.127. The molecule has 0 bridgehead atoms. The fraction of sp³-hybridized carbons (Fsp3) is 0.524. The molecule has 11 heteroatoms. The van der Waals surface area contributed by atoms with E-state index in [1.807, 2.05) is 0 Å². The number of halogens is 1. The monoisotopic (exact) mass is 466 g/mol. The summed E-state index contributed by atoms with van der Waals surface area (Å²) in [4.78, 5) is 43.4. The molecule has 0 radical (unpaired) electrons. The smallest absolute Gasteiger partial charge is 0.243 e. The van der Waals surface area contributed by atoms with Gasteiger partial charge in [-0.25, -0.2) is 0 Å². The predicted molar refractivity (Wildman–Crippen MR) is 122 cm³/mol. The van der Waals surface area contributed by atoms with Crippen molar-refractivity contribution in [3.63, 3.8) is 0 Å². The molecule has 2 amide bonds. The molecular formula is C21H31ClN6O4. The van der Waals surface area contributed by atoms with Gasteiger partial charge in [-0.2, -0.15) is 0 Å². The molecule has 3 atom stereocenters. The number of amides is 2. The third-order valence-corrected chi connectivity index (χ3v) is 5.59. The van der Waals surface area contributed by atoms with Crippen LogP contribution in [-0.2, 0) is 20.8 Å². The Balaban J connectivity index is 1.98. The predicted octanol–water partition coefficient (Wildman–Crippen LogP) is -0.401. The van der Waals surface area contributed by atoms with Crippen LogP contribution in [0, 0.1) is 0 Å². The summed E-state index contributed by atoms with van der Waals surface area (Å²) >= 11 is 5.70. The number of likely N-dealkylation sites (tertiary alicyclic amines) is 1. The number of alkyl halides is 1. The third kappa shape index (κ3) is 7.38. The molecule has 10 nitrogen and oxygen atoms in total. The summed E-state index contributed by atoms with van der Waals surface area (Å²) in [6.45, 7) is 0.739. The van der Waals surface area contributed by atoms with Crippen molar-refractivity contribution in [3.8, 4) is 5.75 Å². The maximum atomic E-state index is 12.9. The summed E-state index contributed by atoms with van der Waals surface area (Å²) in [5.74, 6) is -1.20. The minimum absolute atomic E-state index is 0.0435. The Morgan fingerprint density at radius 1 is 1.25 bits per heavy atom. The van der Waals surface area contributed by atoms with Crippen LogP contribution < -0.4 is 22.5 Å². The SMILES string of the molecule is NC(N)=NCCC[C@H](NC(=O)[C@H]1CCCN1C(=O)[C@H](N)Cc1ccc(O)cc1)C(=O)CCl. The van der Waals surface area contributed by atoms with Crippen LogP contribution in [0.4, 0.5) is 0 Å². The van der Waals surface area contributed by atoms with E-state index in [9.17, 15) is 19.5 Å². The topological polar surface area (TPSA) is 177 Å². The Hall–Kier alpha value is -2.85. The van der Waals surface area contributed by atoms with Crippen LogP contribution >= 0.6 is 11.6 Å². The summed E-state index contributed by atoms with van der Waals surface area (Å²) < 4.78 is 0. The lowest BCUT2D eigenvalue weighted by atomic mass is 10.0. The third-order valence-electron chi connectivity index (χ3n) is 5.33. The van der Waals surface area contributed by atoms with Crippen LogP contribution in [0.3, 0.4) is 0 Å². The molecule has 1 aromatic rings. The molecule has 1 fully saturated rings. The number of carbonyl (C=O) groups excluding carboxylic acids is 3. The van der Waals surface area contributed by atoms with Gasteiger partial charge in [0, 0.05) is 13.1 Å². The summed E-state index contributed by atoms with van der Waals surface area (Å²) in [7, 11) is 0. The van der Waals surface area contributed by atoms with E-state index in [2.05, 4.69) is 10.3 Å². The number of Topliss-reactive ketones (excluding diaryl/α,β-unsaturated/α-hetero) is 1. The van der Waals surface area contributed by atoms with Gasteiger partial charge in [0.25, 0.3) is 0 Å². The van der Waals surface area contributed by atoms with Crippen molar-refractivity contribution >= 4 is 35.2 Å². The van der Waals surface area contributed by atoms with Crippen molar-refractivity contribution in [2.75, 3.05) is 19.0 Å². The number of rotatable bonds is 11. The molecule has 0 spiro atoms. The first-order valence-electron chi connectivity index (χ1n) is 10.5. The number of nitrogens with zero attached hydrogens (tertiary/aromatic N) is 2. The number of nitrogens with one attached hydrogen (secondary N) is 1. The first-order chi connectivity index (χ1) is 15.2. The highest BCUT2D eigenvalue weighted by molar-refractivity contribution is 6.28. The average molecular weight is 467 g/mol. The van der Waals surface area contributed by atoms with Gasteiger partial charge < -0.3 is 32.5 Å². The largest absolute Gasteiger partial charge is 0.508 e. The molecule has 1 heterocycles. The molecule has 1 aliphatic heterocycles. The summed E-state index contributed by atoms with van der Waals surface area (Å²) in [5, 5.41) is 12.1. The van der Waals surface area contributed by atoms with Gasteiger partial charge in [-0.1, -0.05) is 12.1 Å². The normalized spacial score (nSPS) is 17.4. The van der Waals surface area contributed by atoms with Crippen molar-refractivity contribution in [2.24, 2.45) is 22.2 Å². The lowest BCUT2D eigenvalue weighted by molar-refractivity contribution is -0.140. The molecule has 0 unspecified atom stereocenters. The number of aromatic hydroxyl groups is 1. The average Bonchev–Trinajstić information content (AvgIpc) is 3.26. The molecule has 2 rings (SSSR count). The Kier molecular flexibility index (Phi) is 9.73. The standard InChI is InChI=1S/C21H31ClN6O4/c22-12-18(30)16(3-1-9-26-21(24)25)27-19(31)17-4-2-10-28(17)20(32)15(23)11-13-5-7-14(29)8-6-13/h5-8,15-17,29H,1-4,9-12,23H2,(H,27,31)(H4,24,25,26)/t15-,16+,17-/m1/s1. The van der Waals surface area contributed by atoms with Gasteiger partial charge >= 0.3 is 0 Å². The van der Waals surface area contributed by atoms with Gasteiger partial charge in [-0.05, 0) is 49.8 Å². The first kappa shape index (κ1) is 25.4. The van der Waals surface area contributed by atoms with Crippen molar-refractivity contribution in [3.05, 3.63) is 29.8 Å². The van der Waals surface area contributed by atoms with Crippen molar-refractivity contribution in [1.82, 2.24) is 10.2 Å². The van der Waals surface area contributed by atoms with Gasteiger partial charge in [-0.3, -0.25) is 19.4 Å². The Bertz CT molecular complexity index is 828. The second kappa shape index (κ2) is 12.3. The Morgan fingerprint density at radius 3 is 2.56 bits per heavy atom. The highest BCUT2D eigenvalue weighted by atomic mass is 35.5. The number of nitrogens with two attached hydrogens (primary N) is 3. The second-order valence-corrected chi connectivity index (χ2v) is 8.04. The van der Waals surface area contributed by atoms with Crippen molar-refractivity contribution < 1.29 is 19.5 Å². The van der Waals surface area contributed by atoms with E-state index in [-0.39, 0.29) is 35.7 Å². The first-order valence-corrected chi connectivity index (χ1v) is 11.0. The molecule has 176 valence electrons. The van der Waals surface area contributed by atoms with Crippen molar-refractivity contribution in [2.45, 2.75) is 50.2 Å². The van der Waals surface area contributed by atoms with E-state index in [1.165, 1.54) is 17.0 Å². The Morgan fingerprint density at radius 2 is 1.94 bits per heavy atom. The van der Waals surface area contributed by atoms with E-state index >= 15 is 0 Å². The number of carbonyl (C=O) groups is 3. The molecule has 0 aliphatic carbocycles. The fourth-order valence-electron chi connectivity index (χ4n) is 3.67. The molecule has 8 N–H and O–H groups in total. The zero-order valence-corrected chi connectivity index (χ0v) is 18.6. The highest BCUT2D eigenvalue weighted by Gasteiger charge is 2.37. The number of hydrogen-bond acceptors (Lipinski definition) is 6. The minimum atomic E-state index is -0.826. The molecule has 0 aromatic heterocycles. The zero-order valence-electron chi connectivity index (χ0n) is 17.9. The molecule has 32 heavy (non-hydrogen) atoms. The van der Waals surface area contributed by atoms with E-state index in [0.717, 1.165) is 5.56 Å². The van der Waals surface area contributed by atoms with Gasteiger partial charge in [0.15, 0.2) is 11.7 Å². The van der Waals surface area contributed by atoms with Crippen LogP contribution in [0.2, 0.25) is 0 Å². The van der Waals surface area contributed by atoms with Crippen LogP contribution in [0.25, 0.3) is 0 Å². The molecule has 1 aliphatic rings. The molecular weight excluding hydrogens is 436 g/mol. The van der Waals surface area contributed by atoms with Crippen molar-refractivity contribution in [1.29, 1.82) is 0 Å². The van der Waals surface area contributed by atoms with Crippen LogP contribution in [0.1, 0.15) is 31.2 Å². The van der Waals surface area contributed by atoms with Crippen LogP contribution in [0.15, 0.2) is 29.3 Å². The van der Waals surface area contributed by atoms with E-state index in [0.29, 0.717) is 38.8 Å². The van der Waals surface area contributed by atoms with E-state index in [1.54, 1.807) is 12.1 Å². The van der Waals surface area contributed by atoms with Gasteiger partial charge in [0.1, 0.15) is 11.8 Å². The highest BCUT2D eigenvalue weighted by Crippen LogP contribution is 2.20. The maximum absolute atomic E-state index is 12.9. The molecule has 1 saturated heterocycles. The summed E-state index contributed by atoms with van der Waals surface area (Å²) in [6, 6.07) is 4.14. The van der Waals surface area contributed by atoms with Crippen LogP contribution in [0.5, 0.6) is 5.75 Å². The number of phenols is 1. The fourth-order valence-corrected chi connectivity index (χ4v) is 3.85. The van der Waals surface area contributed by atoms with Gasteiger partial charge in [0.2, 0.25) is 11.8 Å². The summed E-state index contributed by atoms with van der Waals surface area (Å²) in [6.07, 6.45) is 2.24. The van der Waals surface area contributed by atoms with E-state index < -0.39 is 24.0 Å². The lowest BCUT2D eigenvalue weighted by Crippen LogP contribution is -2.54. The lowest BCUT2D eigenvalue weighted by Gasteiger charge is -2.28. The molecule has 0 saturated carbocycles.